The highest BCUT2D eigenvalue weighted by Gasteiger charge is 2.21. The Bertz CT molecular complexity index is 441. The first-order valence-corrected chi connectivity index (χ1v) is 6.99. The Morgan fingerprint density at radius 2 is 2.10 bits per heavy atom. The number of nitrogens with one attached hydrogen (secondary N) is 3. The Morgan fingerprint density at radius 3 is 2.75 bits per heavy atom. The normalized spacial score (nSPS) is 17.4. The Balaban J connectivity index is 1.73. The van der Waals surface area contributed by atoms with Gasteiger partial charge >= 0.3 is 0 Å². The van der Waals surface area contributed by atoms with Gasteiger partial charge in [-0.2, -0.15) is 5.21 Å². The number of H-pyrrole nitrogens is 1. The summed E-state index contributed by atoms with van der Waals surface area (Å²) in [6, 6.07) is -0.621. The maximum Gasteiger partial charge on any atom is 0.269 e. The minimum Gasteiger partial charge on any atom is -0.345 e. The minimum absolute atomic E-state index is 0.0762. The molecule has 1 saturated carbocycles. The fourth-order valence-corrected chi connectivity index (χ4v) is 2.45. The fourth-order valence-electron chi connectivity index (χ4n) is 2.45. The van der Waals surface area contributed by atoms with Crippen molar-refractivity contribution in [2.24, 2.45) is 5.92 Å². The maximum absolute atomic E-state index is 11.9. The highest BCUT2D eigenvalue weighted by molar-refractivity contribution is 5.95. The number of anilines is 1. The van der Waals surface area contributed by atoms with Crippen molar-refractivity contribution < 1.29 is 9.59 Å². The molecule has 8 nitrogen and oxygen atoms in total. The number of tetrazole rings is 1. The van der Waals surface area contributed by atoms with Crippen molar-refractivity contribution in [1.82, 2.24) is 25.9 Å². The number of aromatic nitrogens is 4. The molecule has 2 rings (SSSR count). The lowest BCUT2D eigenvalue weighted by Crippen LogP contribution is -2.42. The number of nitrogens with zero attached hydrogens (tertiary/aromatic N) is 3. The van der Waals surface area contributed by atoms with Crippen LogP contribution < -0.4 is 10.6 Å². The van der Waals surface area contributed by atoms with E-state index in [0.29, 0.717) is 12.3 Å². The third kappa shape index (κ3) is 4.29. The van der Waals surface area contributed by atoms with Gasteiger partial charge in [-0.3, -0.25) is 14.9 Å². The average Bonchev–Trinajstić information content (AvgIpc) is 2.92. The highest BCUT2D eigenvalue weighted by atomic mass is 16.2. The van der Waals surface area contributed by atoms with E-state index in [4.69, 9.17) is 0 Å². The van der Waals surface area contributed by atoms with Gasteiger partial charge in [0.05, 0.1) is 0 Å². The summed E-state index contributed by atoms with van der Waals surface area (Å²) in [6.45, 7) is 1.63. The first-order valence-electron chi connectivity index (χ1n) is 6.99. The van der Waals surface area contributed by atoms with Crippen LogP contribution in [0.2, 0.25) is 0 Å². The lowest BCUT2D eigenvalue weighted by atomic mass is 9.87. The number of carbonyl (C=O) groups is 2. The molecule has 1 fully saturated rings. The van der Waals surface area contributed by atoms with Gasteiger partial charge in [-0.25, -0.2) is 0 Å². The van der Waals surface area contributed by atoms with Crippen molar-refractivity contribution in [3.05, 3.63) is 0 Å². The van der Waals surface area contributed by atoms with Crippen LogP contribution in [0.25, 0.3) is 0 Å². The number of rotatable bonds is 5. The highest BCUT2D eigenvalue weighted by Crippen LogP contribution is 2.26. The Hall–Kier alpha value is -1.99. The van der Waals surface area contributed by atoms with Crippen molar-refractivity contribution in [1.29, 1.82) is 0 Å². The zero-order valence-corrected chi connectivity index (χ0v) is 11.6. The summed E-state index contributed by atoms with van der Waals surface area (Å²) in [6.07, 6.45) is 6.38. The summed E-state index contributed by atoms with van der Waals surface area (Å²) in [5.41, 5.74) is 0. The summed E-state index contributed by atoms with van der Waals surface area (Å²) in [7, 11) is 0. The summed E-state index contributed by atoms with van der Waals surface area (Å²) in [5, 5.41) is 18.0. The number of aromatic amines is 1. The van der Waals surface area contributed by atoms with Crippen LogP contribution in [0, 0.1) is 5.92 Å². The molecule has 3 N–H and O–H groups in total. The molecule has 0 unspecified atom stereocenters. The van der Waals surface area contributed by atoms with Crippen molar-refractivity contribution in [2.75, 3.05) is 5.32 Å². The van der Waals surface area contributed by atoms with Gasteiger partial charge in [-0.1, -0.05) is 24.4 Å². The van der Waals surface area contributed by atoms with E-state index in [1.54, 1.807) is 6.92 Å². The number of hydrogen-bond acceptors (Lipinski definition) is 5. The first-order chi connectivity index (χ1) is 9.65. The fraction of sp³-hybridized carbons (Fsp3) is 0.750. The molecular formula is C12H20N6O2. The van der Waals surface area contributed by atoms with Crippen LogP contribution in [-0.4, -0.2) is 38.5 Å². The molecule has 0 radical (unpaired) electrons. The standard InChI is InChI=1S/C12H20N6O2/c1-8(11(20)14-12-15-17-18-16-12)13-10(19)7-9-5-3-2-4-6-9/h8-9H,2-7H2,1H3,(H,13,19)(H2,14,15,16,17,18,20)/t8-/m0/s1. The van der Waals surface area contributed by atoms with Crippen LogP contribution in [0.4, 0.5) is 5.95 Å². The lowest BCUT2D eigenvalue weighted by Gasteiger charge is -2.21. The predicted octanol–water partition coefficient (Wildman–Crippen LogP) is 0.613. The van der Waals surface area contributed by atoms with Crippen molar-refractivity contribution in [2.45, 2.75) is 51.5 Å². The molecule has 1 aliphatic rings. The van der Waals surface area contributed by atoms with Gasteiger partial charge in [0.2, 0.25) is 11.8 Å². The number of carbonyl (C=O) groups excluding carboxylic acids is 2. The molecule has 0 aliphatic heterocycles. The third-order valence-electron chi connectivity index (χ3n) is 3.55. The van der Waals surface area contributed by atoms with Gasteiger partial charge in [0.1, 0.15) is 6.04 Å². The predicted molar refractivity (Wildman–Crippen MR) is 71.6 cm³/mol. The molecule has 1 atom stereocenters. The van der Waals surface area contributed by atoms with E-state index >= 15 is 0 Å². The second kappa shape index (κ2) is 6.97. The Morgan fingerprint density at radius 1 is 1.35 bits per heavy atom. The van der Waals surface area contributed by atoms with Crippen LogP contribution in [0.15, 0.2) is 0 Å². The van der Waals surface area contributed by atoms with Crippen LogP contribution in [0.5, 0.6) is 0 Å². The molecule has 2 amide bonds. The van der Waals surface area contributed by atoms with E-state index in [0.717, 1.165) is 12.8 Å². The second-order valence-electron chi connectivity index (χ2n) is 5.22. The topological polar surface area (TPSA) is 113 Å². The van der Waals surface area contributed by atoms with Crippen LogP contribution >= 0.6 is 0 Å². The lowest BCUT2D eigenvalue weighted by molar-refractivity contribution is -0.127. The van der Waals surface area contributed by atoms with E-state index in [-0.39, 0.29) is 17.8 Å². The monoisotopic (exact) mass is 280 g/mol. The van der Waals surface area contributed by atoms with Gasteiger partial charge in [-0.15, -0.1) is 5.10 Å². The van der Waals surface area contributed by atoms with E-state index in [1.165, 1.54) is 19.3 Å². The van der Waals surface area contributed by atoms with Crippen molar-refractivity contribution in [3.8, 4) is 0 Å². The molecule has 20 heavy (non-hydrogen) atoms. The Kier molecular flexibility index (Phi) is 5.03. The molecule has 1 aromatic rings. The van der Waals surface area contributed by atoms with Gasteiger partial charge in [-0.05, 0) is 30.9 Å². The van der Waals surface area contributed by atoms with Crippen LogP contribution in [-0.2, 0) is 9.59 Å². The molecule has 1 heterocycles. The zero-order chi connectivity index (χ0) is 14.4. The average molecular weight is 280 g/mol. The van der Waals surface area contributed by atoms with Crippen LogP contribution in [0.1, 0.15) is 45.4 Å². The Labute approximate surface area is 117 Å². The molecule has 0 aromatic carbocycles. The molecule has 1 aromatic heterocycles. The molecule has 110 valence electrons. The second-order valence-corrected chi connectivity index (χ2v) is 5.22. The maximum atomic E-state index is 11.9. The minimum atomic E-state index is -0.621. The summed E-state index contributed by atoms with van der Waals surface area (Å²) in [4.78, 5) is 23.7. The van der Waals surface area contributed by atoms with Gasteiger partial charge in [0.25, 0.3) is 5.95 Å². The van der Waals surface area contributed by atoms with E-state index in [2.05, 4.69) is 31.3 Å². The van der Waals surface area contributed by atoms with E-state index < -0.39 is 6.04 Å². The van der Waals surface area contributed by atoms with Crippen LogP contribution in [0.3, 0.4) is 0 Å². The first kappa shape index (κ1) is 14.4. The smallest absolute Gasteiger partial charge is 0.269 e. The molecule has 0 bridgehead atoms. The SMILES string of the molecule is C[C@H](NC(=O)CC1CCCCC1)C(=O)Nc1nn[nH]n1. The quantitative estimate of drug-likeness (QED) is 0.731. The van der Waals surface area contributed by atoms with Crippen molar-refractivity contribution >= 4 is 17.8 Å². The van der Waals surface area contributed by atoms with Gasteiger partial charge in [0.15, 0.2) is 0 Å². The van der Waals surface area contributed by atoms with Gasteiger partial charge < -0.3 is 5.32 Å². The molecule has 0 spiro atoms. The van der Waals surface area contributed by atoms with E-state index in [9.17, 15) is 9.59 Å². The summed E-state index contributed by atoms with van der Waals surface area (Å²) < 4.78 is 0. The molecule has 1 aliphatic carbocycles. The largest absolute Gasteiger partial charge is 0.345 e. The molecule has 8 heteroatoms. The number of hydrogen-bond donors (Lipinski definition) is 3. The van der Waals surface area contributed by atoms with Crippen molar-refractivity contribution in [3.63, 3.8) is 0 Å². The van der Waals surface area contributed by atoms with Gasteiger partial charge in [0, 0.05) is 6.42 Å². The third-order valence-corrected chi connectivity index (χ3v) is 3.55. The number of amides is 2. The molecular weight excluding hydrogens is 260 g/mol. The zero-order valence-electron chi connectivity index (χ0n) is 11.6. The van der Waals surface area contributed by atoms with E-state index in [1.807, 2.05) is 0 Å². The summed E-state index contributed by atoms with van der Waals surface area (Å²) >= 11 is 0. The summed E-state index contributed by atoms with van der Waals surface area (Å²) in [5.74, 6) is 0.121. The molecule has 0 saturated heterocycles.